The standard InChI is InChI=1S/C13H9F4NO2S/c1-7-4-2-3-5-10(7)21(19,20)18-13-11(16)8(14)6-9(15)12(13)17/h2-6,18H,1H3. The molecule has 0 bridgehead atoms. The van der Waals surface area contributed by atoms with Gasteiger partial charge in [-0.15, -0.1) is 0 Å². The first-order valence-corrected chi connectivity index (χ1v) is 7.14. The summed E-state index contributed by atoms with van der Waals surface area (Å²) in [4.78, 5) is -0.256. The van der Waals surface area contributed by atoms with Crippen LogP contribution in [0.3, 0.4) is 0 Å². The Kier molecular flexibility index (Phi) is 3.91. The van der Waals surface area contributed by atoms with Gasteiger partial charge >= 0.3 is 0 Å². The molecule has 112 valence electrons. The number of nitrogens with one attached hydrogen (secondary N) is 1. The van der Waals surface area contributed by atoms with Gasteiger partial charge in [0.25, 0.3) is 10.0 Å². The predicted octanol–water partition coefficient (Wildman–Crippen LogP) is 3.35. The minimum absolute atomic E-state index is 0.00374. The lowest BCUT2D eigenvalue weighted by atomic mass is 10.2. The maximum absolute atomic E-state index is 13.5. The number of sulfonamides is 1. The van der Waals surface area contributed by atoms with Crippen molar-refractivity contribution in [1.82, 2.24) is 0 Å². The van der Waals surface area contributed by atoms with Crippen LogP contribution in [0.15, 0.2) is 35.2 Å². The molecule has 0 radical (unpaired) electrons. The van der Waals surface area contributed by atoms with E-state index in [4.69, 9.17) is 0 Å². The lowest BCUT2D eigenvalue weighted by Crippen LogP contribution is -2.17. The Morgan fingerprint density at radius 3 is 2.00 bits per heavy atom. The Labute approximate surface area is 118 Å². The van der Waals surface area contributed by atoms with Crippen molar-refractivity contribution in [2.75, 3.05) is 4.72 Å². The number of rotatable bonds is 3. The van der Waals surface area contributed by atoms with Gasteiger partial charge in [0.1, 0.15) is 5.69 Å². The Balaban J connectivity index is 2.55. The van der Waals surface area contributed by atoms with Crippen molar-refractivity contribution < 1.29 is 26.0 Å². The number of benzene rings is 2. The first-order chi connectivity index (χ1) is 9.74. The maximum Gasteiger partial charge on any atom is 0.262 e. The number of aryl methyl sites for hydroxylation is 1. The van der Waals surface area contributed by atoms with E-state index in [1.165, 1.54) is 29.8 Å². The molecule has 2 rings (SSSR count). The van der Waals surface area contributed by atoms with E-state index in [9.17, 15) is 26.0 Å². The van der Waals surface area contributed by atoms with Crippen molar-refractivity contribution in [3.05, 3.63) is 59.2 Å². The molecule has 21 heavy (non-hydrogen) atoms. The third-order valence-electron chi connectivity index (χ3n) is 2.73. The third-order valence-corrected chi connectivity index (χ3v) is 4.24. The van der Waals surface area contributed by atoms with Gasteiger partial charge in [0.15, 0.2) is 23.3 Å². The van der Waals surface area contributed by atoms with Crippen molar-refractivity contribution in [1.29, 1.82) is 0 Å². The van der Waals surface area contributed by atoms with Crippen LogP contribution in [-0.2, 0) is 10.0 Å². The highest BCUT2D eigenvalue weighted by atomic mass is 32.2. The lowest BCUT2D eigenvalue weighted by molar-refractivity contribution is 0.459. The molecule has 0 atom stereocenters. The summed E-state index contributed by atoms with van der Waals surface area (Å²) in [5, 5.41) is 0. The number of anilines is 1. The molecular formula is C13H9F4NO2S. The second kappa shape index (κ2) is 5.36. The van der Waals surface area contributed by atoms with Gasteiger partial charge in [-0.25, -0.2) is 26.0 Å². The smallest absolute Gasteiger partial charge is 0.262 e. The molecule has 2 aromatic rings. The molecule has 3 nitrogen and oxygen atoms in total. The molecule has 0 aliphatic rings. The lowest BCUT2D eigenvalue weighted by Gasteiger charge is -2.12. The van der Waals surface area contributed by atoms with Gasteiger partial charge in [0.2, 0.25) is 0 Å². The van der Waals surface area contributed by atoms with E-state index in [2.05, 4.69) is 0 Å². The summed E-state index contributed by atoms with van der Waals surface area (Å²) in [6.45, 7) is 1.47. The van der Waals surface area contributed by atoms with Crippen molar-refractivity contribution in [3.63, 3.8) is 0 Å². The van der Waals surface area contributed by atoms with Crippen LogP contribution in [0.5, 0.6) is 0 Å². The van der Waals surface area contributed by atoms with Crippen LogP contribution in [0.25, 0.3) is 0 Å². The summed E-state index contributed by atoms with van der Waals surface area (Å²) in [7, 11) is -4.39. The van der Waals surface area contributed by atoms with Gasteiger partial charge in [-0.3, -0.25) is 4.72 Å². The first-order valence-electron chi connectivity index (χ1n) is 5.65. The SMILES string of the molecule is Cc1ccccc1S(=O)(=O)Nc1c(F)c(F)cc(F)c1F. The Morgan fingerprint density at radius 2 is 1.48 bits per heavy atom. The van der Waals surface area contributed by atoms with E-state index < -0.39 is 39.0 Å². The molecule has 2 aromatic carbocycles. The van der Waals surface area contributed by atoms with E-state index in [0.29, 0.717) is 5.56 Å². The van der Waals surface area contributed by atoms with Crippen LogP contribution in [-0.4, -0.2) is 8.42 Å². The molecule has 0 unspecified atom stereocenters. The van der Waals surface area contributed by atoms with Gasteiger partial charge in [0, 0.05) is 6.07 Å². The van der Waals surface area contributed by atoms with Crippen LogP contribution in [0.4, 0.5) is 23.2 Å². The van der Waals surface area contributed by atoms with Crippen molar-refractivity contribution in [3.8, 4) is 0 Å². The summed E-state index contributed by atoms with van der Waals surface area (Å²) in [5.74, 6) is -7.02. The highest BCUT2D eigenvalue weighted by Gasteiger charge is 2.25. The summed E-state index contributed by atoms with van der Waals surface area (Å²) in [6, 6.07) is 5.63. The fraction of sp³-hybridized carbons (Fsp3) is 0.0769. The third kappa shape index (κ3) is 2.85. The fourth-order valence-corrected chi connectivity index (χ4v) is 3.02. The second-order valence-electron chi connectivity index (χ2n) is 4.21. The van der Waals surface area contributed by atoms with Crippen molar-refractivity contribution in [2.24, 2.45) is 0 Å². The van der Waals surface area contributed by atoms with E-state index in [1.54, 1.807) is 6.07 Å². The Bertz CT molecular complexity index is 780. The minimum atomic E-state index is -4.39. The normalized spacial score (nSPS) is 11.5. The first kappa shape index (κ1) is 15.3. The topological polar surface area (TPSA) is 46.2 Å². The zero-order valence-electron chi connectivity index (χ0n) is 10.6. The summed E-state index contributed by atoms with van der Waals surface area (Å²) in [6.07, 6.45) is 0. The van der Waals surface area contributed by atoms with E-state index in [-0.39, 0.29) is 11.0 Å². The average Bonchev–Trinajstić information content (AvgIpc) is 2.42. The van der Waals surface area contributed by atoms with E-state index in [1.807, 2.05) is 0 Å². The zero-order valence-corrected chi connectivity index (χ0v) is 11.4. The highest BCUT2D eigenvalue weighted by molar-refractivity contribution is 7.92. The highest BCUT2D eigenvalue weighted by Crippen LogP contribution is 2.27. The quantitative estimate of drug-likeness (QED) is 0.696. The second-order valence-corrected chi connectivity index (χ2v) is 5.86. The number of hydrogen-bond donors (Lipinski definition) is 1. The monoisotopic (exact) mass is 319 g/mol. The molecule has 1 N–H and O–H groups in total. The predicted molar refractivity (Wildman–Crippen MR) is 68.3 cm³/mol. The van der Waals surface area contributed by atoms with Gasteiger partial charge in [0.05, 0.1) is 4.90 Å². The molecule has 0 aromatic heterocycles. The van der Waals surface area contributed by atoms with Gasteiger partial charge in [-0.2, -0.15) is 0 Å². The van der Waals surface area contributed by atoms with Gasteiger partial charge in [-0.05, 0) is 18.6 Å². The number of halogens is 4. The summed E-state index contributed by atoms with van der Waals surface area (Å²) < 4.78 is 78.7. The molecule has 0 amide bonds. The molecule has 8 heteroatoms. The molecule has 0 aliphatic carbocycles. The molecule has 0 saturated heterocycles. The minimum Gasteiger partial charge on any atom is -0.274 e. The van der Waals surface area contributed by atoms with Crippen LogP contribution in [0, 0.1) is 30.2 Å². The molecule has 0 saturated carbocycles. The van der Waals surface area contributed by atoms with Gasteiger partial charge < -0.3 is 0 Å². The maximum atomic E-state index is 13.5. The number of hydrogen-bond acceptors (Lipinski definition) is 2. The van der Waals surface area contributed by atoms with Crippen molar-refractivity contribution in [2.45, 2.75) is 11.8 Å². The van der Waals surface area contributed by atoms with Crippen LogP contribution in [0.1, 0.15) is 5.56 Å². The van der Waals surface area contributed by atoms with Crippen LogP contribution < -0.4 is 4.72 Å². The summed E-state index contributed by atoms with van der Waals surface area (Å²) >= 11 is 0. The molecule has 0 aliphatic heterocycles. The molecule has 0 fully saturated rings. The largest absolute Gasteiger partial charge is 0.274 e. The van der Waals surface area contributed by atoms with Gasteiger partial charge in [-0.1, -0.05) is 18.2 Å². The molecular weight excluding hydrogens is 310 g/mol. The van der Waals surface area contributed by atoms with Crippen LogP contribution in [0.2, 0.25) is 0 Å². The van der Waals surface area contributed by atoms with Crippen molar-refractivity contribution >= 4 is 15.7 Å². The Hall–Kier alpha value is -2.09. The average molecular weight is 319 g/mol. The summed E-state index contributed by atoms with van der Waals surface area (Å²) in [5.41, 5.74) is -1.08. The van der Waals surface area contributed by atoms with Crippen LogP contribution >= 0.6 is 0 Å². The molecule has 0 heterocycles. The Morgan fingerprint density at radius 1 is 0.952 bits per heavy atom. The van der Waals surface area contributed by atoms with E-state index in [0.717, 1.165) is 0 Å². The van der Waals surface area contributed by atoms with E-state index >= 15 is 0 Å². The molecule has 0 spiro atoms. The fourth-order valence-electron chi connectivity index (χ4n) is 1.71. The zero-order chi connectivity index (χ0) is 15.8.